The standard InChI is InChI=1S/C14H15F3N4O2/c1-20-4-3-18-12(20)11(14(15,16)17)23-13(22)10-5-9(10)8-6-19-21(2)7-8/h3-4,6-7,9-11H,5H2,1-2H3. The molecule has 1 aliphatic rings. The first-order chi connectivity index (χ1) is 10.8. The number of rotatable bonds is 4. The molecule has 3 atom stereocenters. The summed E-state index contributed by atoms with van der Waals surface area (Å²) in [4.78, 5) is 15.7. The van der Waals surface area contributed by atoms with Crippen molar-refractivity contribution in [3.8, 4) is 0 Å². The zero-order valence-electron chi connectivity index (χ0n) is 12.5. The second-order valence-electron chi connectivity index (χ2n) is 5.65. The number of imidazole rings is 1. The number of aromatic nitrogens is 4. The van der Waals surface area contributed by atoms with Gasteiger partial charge in [0.05, 0.1) is 12.1 Å². The molecular formula is C14H15F3N4O2. The number of aryl methyl sites for hydroxylation is 2. The second kappa shape index (κ2) is 5.39. The van der Waals surface area contributed by atoms with Gasteiger partial charge < -0.3 is 9.30 Å². The molecule has 0 saturated heterocycles. The number of hydrogen-bond acceptors (Lipinski definition) is 4. The summed E-state index contributed by atoms with van der Waals surface area (Å²) in [5.41, 5.74) is 0.829. The summed E-state index contributed by atoms with van der Waals surface area (Å²) >= 11 is 0. The van der Waals surface area contributed by atoms with E-state index in [4.69, 9.17) is 4.74 Å². The van der Waals surface area contributed by atoms with Crippen LogP contribution in [0.4, 0.5) is 13.2 Å². The van der Waals surface area contributed by atoms with E-state index in [9.17, 15) is 18.0 Å². The largest absolute Gasteiger partial charge is 0.444 e. The van der Waals surface area contributed by atoms with E-state index in [0.29, 0.717) is 6.42 Å². The van der Waals surface area contributed by atoms with Gasteiger partial charge in [-0.2, -0.15) is 18.3 Å². The summed E-state index contributed by atoms with van der Waals surface area (Å²) in [6.07, 6.45) is -0.640. The SMILES string of the molecule is Cn1cc(C2CC2C(=O)OC(c2nccn2C)C(F)(F)F)cn1. The lowest BCUT2D eigenvalue weighted by Crippen LogP contribution is -2.29. The molecule has 2 aromatic heterocycles. The van der Waals surface area contributed by atoms with E-state index < -0.39 is 24.2 Å². The van der Waals surface area contributed by atoms with Crippen LogP contribution in [0.1, 0.15) is 29.8 Å². The molecule has 0 amide bonds. The van der Waals surface area contributed by atoms with Crippen LogP contribution >= 0.6 is 0 Å². The van der Waals surface area contributed by atoms with Gasteiger partial charge in [-0.05, 0) is 12.0 Å². The van der Waals surface area contributed by atoms with Crippen molar-refractivity contribution >= 4 is 5.97 Å². The maximum absolute atomic E-state index is 13.2. The average Bonchev–Trinajstić information content (AvgIpc) is 2.97. The van der Waals surface area contributed by atoms with Crippen LogP contribution in [-0.2, 0) is 23.6 Å². The van der Waals surface area contributed by atoms with Crippen molar-refractivity contribution < 1.29 is 22.7 Å². The summed E-state index contributed by atoms with van der Waals surface area (Å²) in [5.74, 6) is -1.90. The van der Waals surface area contributed by atoms with Gasteiger partial charge >= 0.3 is 12.1 Å². The maximum atomic E-state index is 13.2. The number of nitrogens with zero attached hydrogens (tertiary/aromatic N) is 4. The molecular weight excluding hydrogens is 313 g/mol. The van der Waals surface area contributed by atoms with E-state index in [1.54, 1.807) is 24.1 Å². The Labute approximate surface area is 129 Å². The van der Waals surface area contributed by atoms with Crippen LogP contribution < -0.4 is 0 Å². The Morgan fingerprint density at radius 2 is 2.17 bits per heavy atom. The van der Waals surface area contributed by atoms with Crippen molar-refractivity contribution in [1.82, 2.24) is 19.3 Å². The summed E-state index contributed by atoms with van der Waals surface area (Å²) < 4.78 is 47.1. The van der Waals surface area contributed by atoms with Crippen molar-refractivity contribution in [2.45, 2.75) is 24.6 Å². The van der Waals surface area contributed by atoms with Crippen LogP contribution in [0.15, 0.2) is 24.8 Å². The Hall–Kier alpha value is -2.32. The summed E-state index contributed by atoms with van der Waals surface area (Å²) in [7, 11) is 3.16. The van der Waals surface area contributed by atoms with Gasteiger partial charge in [-0.25, -0.2) is 4.98 Å². The van der Waals surface area contributed by atoms with Crippen molar-refractivity contribution in [3.05, 3.63) is 36.2 Å². The molecule has 0 aromatic carbocycles. The highest BCUT2D eigenvalue weighted by Crippen LogP contribution is 2.49. The third-order valence-electron chi connectivity index (χ3n) is 3.87. The summed E-state index contributed by atoms with van der Waals surface area (Å²) in [6.45, 7) is 0. The smallest absolute Gasteiger partial charge is 0.432 e. The first-order valence-corrected chi connectivity index (χ1v) is 7.00. The van der Waals surface area contributed by atoms with Crippen molar-refractivity contribution in [3.63, 3.8) is 0 Å². The Bertz CT molecular complexity index is 722. The molecule has 2 aromatic rings. The number of esters is 1. The molecule has 0 radical (unpaired) electrons. The van der Waals surface area contributed by atoms with E-state index in [1.165, 1.54) is 24.0 Å². The Morgan fingerprint density at radius 3 is 2.70 bits per heavy atom. The molecule has 1 saturated carbocycles. The van der Waals surface area contributed by atoms with Gasteiger partial charge in [0.2, 0.25) is 0 Å². The fourth-order valence-corrected chi connectivity index (χ4v) is 2.55. The maximum Gasteiger partial charge on any atom is 0.432 e. The highest BCUT2D eigenvalue weighted by Gasteiger charge is 2.51. The lowest BCUT2D eigenvalue weighted by atomic mass is 10.2. The van der Waals surface area contributed by atoms with Gasteiger partial charge in [0, 0.05) is 38.6 Å². The molecule has 0 bridgehead atoms. The quantitative estimate of drug-likeness (QED) is 0.807. The lowest BCUT2D eigenvalue weighted by Gasteiger charge is -2.20. The van der Waals surface area contributed by atoms with E-state index in [0.717, 1.165) is 5.56 Å². The minimum atomic E-state index is -4.71. The molecule has 0 aliphatic heterocycles. The second-order valence-corrected chi connectivity index (χ2v) is 5.65. The summed E-state index contributed by atoms with van der Waals surface area (Å²) in [5, 5.41) is 4.00. The van der Waals surface area contributed by atoms with Crippen molar-refractivity contribution in [2.24, 2.45) is 20.0 Å². The first-order valence-electron chi connectivity index (χ1n) is 7.00. The molecule has 6 nitrogen and oxygen atoms in total. The monoisotopic (exact) mass is 328 g/mol. The van der Waals surface area contributed by atoms with Crippen LogP contribution in [0.5, 0.6) is 0 Å². The van der Waals surface area contributed by atoms with Crippen molar-refractivity contribution in [2.75, 3.05) is 0 Å². The Kier molecular flexibility index (Phi) is 3.65. The molecule has 1 aliphatic carbocycles. The number of ether oxygens (including phenoxy) is 1. The van der Waals surface area contributed by atoms with Crippen LogP contribution in [0.2, 0.25) is 0 Å². The predicted molar refractivity (Wildman–Crippen MR) is 72.2 cm³/mol. The van der Waals surface area contributed by atoms with Crippen LogP contribution in [0.3, 0.4) is 0 Å². The zero-order chi connectivity index (χ0) is 16.8. The van der Waals surface area contributed by atoms with Gasteiger partial charge in [-0.1, -0.05) is 0 Å². The fraction of sp³-hybridized carbons (Fsp3) is 0.500. The third-order valence-corrected chi connectivity index (χ3v) is 3.87. The zero-order valence-corrected chi connectivity index (χ0v) is 12.5. The molecule has 0 spiro atoms. The van der Waals surface area contributed by atoms with E-state index in [-0.39, 0.29) is 11.7 Å². The van der Waals surface area contributed by atoms with Gasteiger partial charge in [-0.3, -0.25) is 9.48 Å². The fourth-order valence-electron chi connectivity index (χ4n) is 2.55. The average molecular weight is 328 g/mol. The van der Waals surface area contributed by atoms with Crippen LogP contribution in [0, 0.1) is 5.92 Å². The number of hydrogen-bond donors (Lipinski definition) is 0. The molecule has 2 heterocycles. The highest BCUT2D eigenvalue weighted by molar-refractivity contribution is 5.77. The van der Waals surface area contributed by atoms with Gasteiger partial charge in [0.15, 0.2) is 5.82 Å². The number of halogens is 3. The molecule has 3 rings (SSSR count). The normalized spacial score (nSPS) is 22.0. The Morgan fingerprint density at radius 1 is 1.43 bits per heavy atom. The molecule has 0 N–H and O–H groups in total. The molecule has 9 heteroatoms. The Balaban J connectivity index is 1.72. The predicted octanol–water partition coefficient (Wildman–Crippen LogP) is 2.10. The van der Waals surface area contributed by atoms with Crippen molar-refractivity contribution in [1.29, 1.82) is 0 Å². The first kappa shape index (κ1) is 15.6. The van der Waals surface area contributed by atoms with Crippen LogP contribution in [0.25, 0.3) is 0 Å². The number of alkyl halides is 3. The minimum Gasteiger partial charge on any atom is -0.444 e. The molecule has 23 heavy (non-hydrogen) atoms. The summed E-state index contributed by atoms with van der Waals surface area (Å²) in [6, 6.07) is 0. The van der Waals surface area contributed by atoms with Gasteiger partial charge in [0.25, 0.3) is 6.10 Å². The lowest BCUT2D eigenvalue weighted by molar-refractivity contribution is -0.227. The topological polar surface area (TPSA) is 61.9 Å². The minimum absolute atomic E-state index is 0.133. The van der Waals surface area contributed by atoms with Gasteiger partial charge in [0.1, 0.15) is 0 Å². The highest BCUT2D eigenvalue weighted by atomic mass is 19.4. The van der Waals surface area contributed by atoms with Crippen LogP contribution in [-0.4, -0.2) is 31.5 Å². The van der Waals surface area contributed by atoms with E-state index in [1.807, 2.05) is 0 Å². The third kappa shape index (κ3) is 3.08. The van der Waals surface area contributed by atoms with E-state index in [2.05, 4.69) is 10.1 Å². The van der Waals surface area contributed by atoms with Gasteiger partial charge in [-0.15, -0.1) is 0 Å². The number of carbonyl (C=O) groups excluding carboxylic acids is 1. The molecule has 1 fully saturated rings. The molecule has 3 unspecified atom stereocenters. The molecule has 124 valence electrons. The number of carbonyl (C=O) groups is 1. The van der Waals surface area contributed by atoms with E-state index >= 15 is 0 Å².